The predicted octanol–water partition coefficient (Wildman–Crippen LogP) is 3.78. The molecule has 1 aromatic carbocycles. The molecule has 100 valence electrons. The topological polar surface area (TPSA) is 21.3 Å². The van der Waals surface area contributed by atoms with Crippen molar-refractivity contribution in [2.75, 3.05) is 6.61 Å². The van der Waals surface area contributed by atoms with E-state index in [1.54, 1.807) is 0 Å². The zero-order chi connectivity index (χ0) is 13.1. The van der Waals surface area contributed by atoms with Crippen LogP contribution in [0.2, 0.25) is 0 Å². The van der Waals surface area contributed by atoms with Crippen LogP contribution in [-0.2, 0) is 0 Å². The standard InChI is InChI=1S/C16H25NO/c1-11(2)9-13(4)17-16-12(3)10-18-15-8-6-5-7-14(15)16/h5-8,11-13,16-17H,9-10H2,1-4H3. The number of fused-ring (bicyclic) bond motifs is 1. The predicted molar refractivity (Wildman–Crippen MR) is 75.9 cm³/mol. The Bertz CT molecular complexity index is 388. The molecule has 0 aromatic heterocycles. The molecule has 1 aromatic rings. The van der Waals surface area contributed by atoms with Crippen molar-refractivity contribution in [3.05, 3.63) is 29.8 Å². The summed E-state index contributed by atoms with van der Waals surface area (Å²) in [5.41, 5.74) is 1.31. The average Bonchev–Trinajstić information content (AvgIpc) is 2.32. The van der Waals surface area contributed by atoms with Crippen molar-refractivity contribution in [2.45, 2.75) is 46.2 Å². The van der Waals surface area contributed by atoms with Gasteiger partial charge in [-0.3, -0.25) is 0 Å². The summed E-state index contributed by atoms with van der Waals surface area (Å²) >= 11 is 0. The number of para-hydroxylation sites is 1. The largest absolute Gasteiger partial charge is 0.493 e. The summed E-state index contributed by atoms with van der Waals surface area (Å²) in [5, 5.41) is 3.78. The van der Waals surface area contributed by atoms with Gasteiger partial charge in [-0.2, -0.15) is 0 Å². The number of nitrogens with one attached hydrogen (secondary N) is 1. The van der Waals surface area contributed by atoms with Crippen LogP contribution in [0.1, 0.15) is 45.7 Å². The van der Waals surface area contributed by atoms with Crippen molar-refractivity contribution in [1.82, 2.24) is 5.32 Å². The van der Waals surface area contributed by atoms with Gasteiger partial charge >= 0.3 is 0 Å². The average molecular weight is 247 g/mol. The van der Waals surface area contributed by atoms with Gasteiger partial charge in [0.05, 0.1) is 6.61 Å². The maximum absolute atomic E-state index is 5.79. The highest BCUT2D eigenvalue weighted by Gasteiger charge is 2.28. The van der Waals surface area contributed by atoms with Gasteiger partial charge in [-0.1, -0.05) is 39.0 Å². The molecule has 1 heterocycles. The molecule has 0 radical (unpaired) electrons. The maximum Gasteiger partial charge on any atom is 0.124 e. The molecule has 3 unspecified atom stereocenters. The molecule has 1 aliphatic rings. The van der Waals surface area contributed by atoms with Gasteiger partial charge in [0.25, 0.3) is 0 Å². The minimum Gasteiger partial charge on any atom is -0.493 e. The fraction of sp³-hybridized carbons (Fsp3) is 0.625. The summed E-state index contributed by atoms with van der Waals surface area (Å²) in [6.07, 6.45) is 1.21. The number of hydrogen-bond donors (Lipinski definition) is 1. The molecule has 0 bridgehead atoms. The van der Waals surface area contributed by atoms with Crippen LogP contribution in [0.25, 0.3) is 0 Å². The third-order valence-electron chi connectivity index (χ3n) is 3.61. The summed E-state index contributed by atoms with van der Waals surface area (Å²) in [7, 11) is 0. The number of ether oxygens (including phenoxy) is 1. The lowest BCUT2D eigenvalue weighted by Crippen LogP contribution is -2.39. The van der Waals surface area contributed by atoms with Gasteiger partial charge in [-0.05, 0) is 25.3 Å². The van der Waals surface area contributed by atoms with Crippen LogP contribution < -0.4 is 10.1 Å². The summed E-state index contributed by atoms with van der Waals surface area (Å²) in [6, 6.07) is 9.37. The van der Waals surface area contributed by atoms with E-state index in [-0.39, 0.29) is 0 Å². The Labute approximate surface area is 111 Å². The zero-order valence-corrected chi connectivity index (χ0v) is 11.9. The van der Waals surface area contributed by atoms with Gasteiger partial charge < -0.3 is 10.1 Å². The molecule has 2 heteroatoms. The van der Waals surface area contributed by atoms with E-state index >= 15 is 0 Å². The van der Waals surface area contributed by atoms with Crippen molar-refractivity contribution in [3.8, 4) is 5.75 Å². The van der Waals surface area contributed by atoms with Crippen LogP contribution in [0, 0.1) is 11.8 Å². The fourth-order valence-corrected chi connectivity index (χ4v) is 2.83. The Balaban J connectivity index is 2.11. The SMILES string of the molecule is CC(C)CC(C)NC1c2ccccc2OCC1C. The van der Waals surface area contributed by atoms with Gasteiger partial charge in [0.15, 0.2) is 0 Å². The second-order valence-corrected chi connectivity index (χ2v) is 6.00. The van der Waals surface area contributed by atoms with Gasteiger partial charge in [-0.15, -0.1) is 0 Å². The monoisotopic (exact) mass is 247 g/mol. The molecule has 3 atom stereocenters. The Morgan fingerprint density at radius 3 is 2.72 bits per heavy atom. The summed E-state index contributed by atoms with van der Waals surface area (Å²) < 4.78 is 5.79. The molecule has 18 heavy (non-hydrogen) atoms. The molecule has 2 nitrogen and oxygen atoms in total. The third-order valence-corrected chi connectivity index (χ3v) is 3.61. The zero-order valence-electron chi connectivity index (χ0n) is 11.9. The summed E-state index contributed by atoms with van der Waals surface area (Å²) in [6.45, 7) is 9.91. The molecule has 1 N–H and O–H groups in total. The summed E-state index contributed by atoms with van der Waals surface area (Å²) in [4.78, 5) is 0. The fourth-order valence-electron chi connectivity index (χ4n) is 2.83. The quantitative estimate of drug-likeness (QED) is 0.874. The van der Waals surface area contributed by atoms with E-state index in [1.165, 1.54) is 12.0 Å². The molecular formula is C16H25NO. The molecule has 0 aliphatic carbocycles. The first-order valence-corrected chi connectivity index (χ1v) is 7.05. The number of rotatable bonds is 4. The number of benzene rings is 1. The maximum atomic E-state index is 5.79. The lowest BCUT2D eigenvalue weighted by molar-refractivity contribution is 0.179. The third kappa shape index (κ3) is 3.05. The molecule has 0 amide bonds. The van der Waals surface area contributed by atoms with Crippen molar-refractivity contribution in [1.29, 1.82) is 0 Å². The minimum atomic E-state index is 0.420. The lowest BCUT2D eigenvalue weighted by Gasteiger charge is -2.34. The van der Waals surface area contributed by atoms with E-state index < -0.39 is 0 Å². The van der Waals surface area contributed by atoms with Crippen LogP contribution in [0.4, 0.5) is 0 Å². The van der Waals surface area contributed by atoms with Gasteiger partial charge in [0, 0.05) is 23.6 Å². The highest BCUT2D eigenvalue weighted by Crippen LogP contribution is 2.35. The van der Waals surface area contributed by atoms with Crippen LogP contribution in [-0.4, -0.2) is 12.6 Å². The lowest BCUT2D eigenvalue weighted by atomic mass is 9.90. The van der Waals surface area contributed by atoms with Crippen LogP contribution in [0.5, 0.6) is 5.75 Å². The molecule has 0 saturated heterocycles. The summed E-state index contributed by atoms with van der Waals surface area (Å²) in [5.74, 6) is 2.30. The molecule has 0 saturated carbocycles. The Morgan fingerprint density at radius 2 is 2.00 bits per heavy atom. The van der Waals surface area contributed by atoms with Crippen LogP contribution in [0.15, 0.2) is 24.3 Å². The highest BCUT2D eigenvalue weighted by atomic mass is 16.5. The van der Waals surface area contributed by atoms with Crippen LogP contribution in [0.3, 0.4) is 0 Å². The second-order valence-electron chi connectivity index (χ2n) is 6.00. The van der Waals surface area contributed by atoms with Crippen molar-refractivity contribution in [2.24, 2.45) is 11.8 Å². The van der Waals surface area contributed by atoms with E-state index in [4.69, 9.17) is 4.74 Å². The second kappa shape index (κ2) is 5.75. The van der Waals surface area contributed by atoms with E-state index in [1.807, 2.05) is 6.07 Å². The van der Waals surface area contributed by atoms with Gasteiger partial charge in [-0.25, -0.2) is 0 Å². The normalized spacial score (nSPS) is 24.5. The van der Waals surface area contributed by atoms with Gasteiger partial charge in [0.2, 0.25) is 0 Å². The highest BCUT2D eigenvalue weighted by molar-refractivity contribution is 5.38. The molecule has 2 rings (SSSR count). The first-order chi connectivity index (χ1) is 8.58. The van der Waals surface area contributed by atoms with E-state index in [0.29, 0.717) is 18.0 Å². The Kier molecular flexibility index (Phi) is 4.28. The first kappa shape index (κ1) is 13.4. The van der Waals surface area contributed by atoms with Gasteiger partial charge in [0.1, 0.15) is 5.75 Å². The van der Waals surface area contributed by atoms with Crippen molar-refractivity contribution >= 4 is 0 Å². The van der Waals surface area contributed by atoms with Crippen molar-refractivity contribution in [3.63, 3.8) is 0 Å². The smallest absolute Gasteiger partial charge is 0.124 e. The van der Waals surface area contributed by atoms with Crippen LogP contribution >= 0.6 is 0 Å². The van der Waals surface area contributed by atoms with Crippen molar-refractivity contribution < 1.29 is 4.74 Å². The Hall–Kier alpha value is -1.02. The Morgan fingerprint density at radius 1 is 1.28 bits per heavy atom. The van der Waals surface area contributed by atoms with E-state index in [2.05, 4.69) is 51.2 Å². The molecular weight excluding hydrogens is 222 g/mol. The van der Waals surface area contributed by atoms with E-state index in [0.717, 1.165) is 18.3 Å². The van der Waals surface area contributed by atoms with E-state index in [9.17, 15) is 0 Å². The molecule has 0 spiro atoms. The molecule has 0 fully saturated rings. The first-order valence-electron chi connectivity index (χ1n) is 7.05. The minimum absolute atomic E-state index is 0.420. The number of hydrogen-bond acceptors (Lipinski definition) is 2. The molecule has 1 aliphatic heterocycles.